The summed E-state index contributed by atoms with van der Waals surface area (Å²) in [6.45, 7) is 3.70. The fraction of sp³-hybridized carbons (Fsp3) is 0.200. The van der Waals surface area contributed by atoms with Gasteiger partial charge in [0.05, 0.1) is 0 Å². The van der Waals surface area contributed by atoms with Crippen molar-refractivity contribution in [1.82, 2.24) is 0 Å². The van der Waals surface area contributed by atoms with Gasteiger partial charge >= 0.3 is 0 Å². The lowest BCUT2D eigenvalue weighted by Crippen LogP contribution is -2.07. The van der Waals surface area contributed by atoms with Crippen molar-refractivity contribution in [3.05, 3.63) is 58.4 Å². The van der Waals surface area contributed by atoms with E-state index in [2.05, 4.69) is 0 Å². The fourth-order valence-corrected chi connectivity index (χ4v) is 1.93. The number of halogens is 2. The number of hydrogen-bond acceptors (Lipinski definition) is 2. The molecule has 100 valence electrons. The molecule has 0 amide bonds. The highest BCUT2D eigenvalue weighted by molar-refractivity contribution is 6.30. The second-order valence-corrected chi connectivity index (χ2v) is 4.92. The quantitative estimate of drug-likeness (QED) is 0.891. The van der Waals surface area contributed by atoms with E-state index in [1.165, 1.54) is 12.1 Å². The summed E-state index contributed by atoms with van der Waals surface area (Å²) >= 11 is 5.95. The van der Waals surface area contributed by atoms with Gasteiger partial charge in [0, 0.05) is 16.6 Å². The topological polar surface area (TPSA) is 35.2 Å². The Labute approximate surface area is 117 Å². The highest BCUT2D eigenvalue weighted by Crippen LogP contribution is 2.32. The van der Waals surface area contributed by atoms with Crippen LogP contribution in [0.25, 0.3) is 0 Å². The van der Waals surface area contributed by atoms with Gasteiger partial charge in [-0.3, -0.25) is 0 Å². The van der Waals surface area contributed by atoms with Gasteiger partial charge in [0.2, 0.25) is 0 Å². The lowest BCUT2D eigenvalue weighted by Gasteiger charge is -2.15. The third kappa shape index (κ3) is 3.25. The molecule has 0 bridgehead atoms. The number of nitrogens with two attached hydrogens (primary N) is 1. The SMILES string of the molecule is Cc1ccc(Cl)cc1Oc1ccc(F)cc1[C@H](C)N. The van der Waals surface area contributed by atoms with Crippen LogP contribution in [0.5, 0.6) is 11.5 Å². The molecular weight excluding hydrogens is 265 g/mol. The molecule has 0 fully saturated rings. The van der Waals surface area contributed by atoms with Gasteiger partial charge in [-0.2, -0.15) is 0 Å². The van der Waals surface area contributed by atoms with E-state index in [1.54, 1.807) is 25.1 Å². The molecule has 2 N–H and O–H groups in total. The Hall–Kier alpha value is -1.58. The first-order valence-electron chi connectivity index (χ1n) is 5.96. The van der Waals surface area contributed by atoms with Crippen molar-refractivity contribution in [2.45, 2.75) is 19.9 Å². The molecular formula is C15H15ClFNO. The summed E-state index contributed by atoms with van der Waals surface area (Å²) in [6, 6.07) is 9.39. The van der Waals surface area contributed by atoms with E-state index in [0.29, 0.717) is 22.1 Å². The number of ether oxygens (including phenoxy) is 1. The van der Waals surface area contributed by atoms with Crippen LogP contribution in [0.4, 0.5) is 4.39 Å². The molecule has 0 unspecified atom stereocenters. The van der Waals surface area contributed by atoms with E-state index in [-0.39, 0.29) is 11.9 Å². The van der Waals surface area contributed by atoms with Gasteiger partial charge in [-0.15, -0.1) is 0 Å². The predicted octanol–water partition coefficient (Wildman–Crippen LogP) is 4.60. The summed E-state index contributed by atoms with van der Waals surface area (Å²) < 4.78 is 19.1. The maximum Gasteiger partial charge on any atom is 0.132 e. The van der Waals surface area contributed by atoms with Crippen molar-refractivity contribution in [1.29, 1.82) is 0 Å². The minimum atomic E-state index is -0.331. The average molecular weight is 280 g/mol. The predicted molar refractivity (Wildman–Crippen MR) is 75.3 cm³/mol. The molecule has 0 aromatic heterocycles. The van der Waals surface area contributed by atoms with Crippen LogP contribution in [0.3, 0.4) is 0 Å². The van der Waals surface area contributed by atoms with E-state index in [1.807, 2.05) is 13.0 Å². The average Bonchev–Trinajstić information content (AvgIpc) is 2.35. The van der Waals surface area contributed by atoms with Crippen molar-refractivity contribution in [3.8, 4) is 11.5 Å². The fourth-order valence-electron chi connectivity index (χ4n) is 1.77. The van der Waals surface area contributed by atoms with Crippen LogP contribution in [-0.4, -0.2) is 0 Å². The van der Waals surface area contributed by atoms with E-state index in [9.17, 15) is 4.39 Å². The Kier molecular flexibility index (Phi) is 4.08. The number of hydrogen-bond donors (Lipinski definition) is 1. The van der Waals surface area contributed by atoms with Crippen LogP contribution in [0.2, 0.25) is 5.02 Å². The summed E-state index contributed by atoms with van der Waals surface area (Å²) in [4.78, 5) is 0. The van der Waals surface area contributed by atoms with Crippen LogP contribution >= 0.6 is 11.6 Å². The summed E-state index contributed by atoms with van der Waals surface area (Å²) in [6.07, 6.45) is 0. The van der Waals surface area contributed by atoms with Crippen molar-refractivity contribution in [2.24, 2.45) is 5.73 Å². The molecule has 4 heteroatoms. The molecule has 0 aliphatic rings. The number of rotatable bonds is 3. The monoisotopic (exact) mass is 279 g/mol. The van der Waals surface area contributed by atoms with Gasteiger partial charge in [0.15, 0.2) is 0 Å². The standard InChI is InChI=1S/C15H15ClFNO/c1-9-3-4-11(16)7-15(9)19-14-6-5-12(17)8-13(14)10(2)18/h3-8,10H,18H2,1-2H3/t10-/m0/s1. The smallest absolute Gasteiger partial charge is 0.132 e. The summed E-state index contributed by atoms with van der Waals surface area (Å²) in [5.41, 5.74) is 7.41. The molecule has 0 saturated heterocycles. The van der Waals surface area contributed by atoms with E-state index in [0.717, 1.165) is 5.56 Å². The molecule has 19 heavy (non-hydrogen) atoms. The van der Waals surface area contributed by atoms with Gasteiger partial charge in [0.1, 0.15) is 17.3 Å². The van der Waals surface area contributed by atoms with Crippen LogP contribution in [-0.2, 0) is 0 Å². The molecule has 0 aliphatic heterocycles. The molecule has 2 rings (SSSR count). The molecule has 2 nitrogen and oxygen atoms in total. The highest BCUT2D eigenvalue weighted by atomic mass is 35.5. The molecule has 0 radical (unpaired) electrons. The zero-order chi connectivity index (χ0) is 14.0. The second-order valence-electron chi connectivity index (χ2n) is 4.48. The first kappa shape index (κ1) is 13.8. The Morgan fingerprint density at radius 3 is 2.58 bits per heavy atom. The minimum Gasteiger partial charge on any atom is -0.457 e. The van der Waals surface area contributed by atoms with Gasteiger partial charge in [-0.05, 0) is 49.7 Å². The van der Waals surface area contributed by atoms with Crippen molar-refractivity contribution >= 4 is 11.6 Å². The third-order valence-corrected chi connectivity index (χ3v) is 3.07. The lowest BCUT2D eigenvalue weighted by molar-refractivity contribution is 0.466. The van der Waals surface area contributed by atoms with Crippen molar-refractivity contribution in [3.63, 3.8) is 0 Å². The Balaban J connectivity index is 2.40. The highest BCUT2D eigenvalue weighted by Gasteiger charge is 2.11. The summed E-state index contributed by atoms with van der Waals surface area (Å²) in [5.74, 6) is 0.852. The first-order valence-corrected chi connectivity index (χ1v) is 6.34. The van der Waals surface area contributed by atoms with Gasteiger partial charge in [-0.1, -0.05) is 17.7 Å². The Morgan fingerprint density at radius 2 is 1.89 bits per heavy atom. The zero-order valence-corrected chi connectivity index (χ0v) is 11.5. The zero-order valence-electron chi connectivity index (χ0n) is 10.8. The lowest BCUT2D eigenvalue weighted by atomic mass is 10.1. The largest absolute Gasteiger partial charge is 0.457 e. The van der Waals surface area contributed by atoms with Gasteiger partial charge in [-0.25, -0.2) is 4.39 Å². The summed E-state index contributed by atoms with van der Waals surface area (Å²) in [5, 5.41) is 0.588. The number of benzene rings is 2. The third-order valence-electron chi connectivity index (χ3n) is 2.83. The molecule has 0 spiro atoms. The second kappa shape index (κ2) is 5.59. The maximum absolute atomic E-state index is 13.3. The van der Waals surface area contributed by atoms with Crippen LogP contribution < -0.4 is 10.5 Å². The van der Waals surface area contributed by atoms with Gasteiger partial charge in [0.25, 0.3) is 0 Å². The first-order chi connectivity index (χ1) is 8.97. The molecule has 0 saturated carbocycles. The summed E-state index contributed by atoms with van der Waals surface area (Å²) in [7, 11) is 0. The van der Waals surface area contributed by atoms with Gasteiger partial charge < -0.3 is 10.5 Å². The van der Waals surface area contributed by atoms with Crippen LogP contribution in [0, 0.1) is 12.7 Å². The molecule has 2 aromatic carbocycles. The van der Waals surface area contributed by atoms with E-state index < -0.39 is 0 Å². The van der Waals surface area contributed by atoms with Crippen LogP contribution in [0.15, 0.2) is 36.4 Å². The molecule has 0 aliphatic carbocycles. The normalized spacial score (nSPS) is 12.3. The molecule has 0 heterocycles. The molecule has 1 atom stereocenters. The minimum absolute atomic E-state index is 0.315. The molecule has 2 aromatic rings. The Morgan fingerprint density at radius 1 is 1.16 bits per heavy atom. The maximum atomic E-state index is 13.3. The van der Waals surface area contributed by atoms with E-state index >= 15 is 0 Å². The van der Waals surface area contributed by atoms with Crippen LogP contribution in [0.1, 0.15) is 24.1 Å². The Bertz CT molecular complexity index is 599. The van der Waals surface area contributed by atoms with Crippen molar-refractivity contribution in [2.75, 3.05) is 0 Å². The van der Waals surface area contributed by atoms with Crippen molar-refractivity contribution < 1.29 is 9.13 Å². The van der Waals surface area contributed by atoms with E-state index in [4.69, 9.17) is 22.1 Å². The number of aryl methyl sites for hydroxylation is 1.